The molecule has 0 saturated heterocycles. The van der Waals surface area contributed by atoms with E-state index in [0.29, 0.717) is 16.5 Å². The molecule has 4 aromatic rings. The fourth-order valence-corrected chi connectivity index (χ4v) is 3.37. The van der Waals surface area contributed by atoms with E-state index >= 15 is 0 Å². The van der Waals surface area contributed by atoms with E-state index in [1.807, 2.05) is 62.3 Å². The molecule has 0 saturated carbocycles. The van der Waals surface area contributed by atoms with Crippen molar-refractivity contribution in [2.75, 3.05) is 24.3 Å². The van der Waals surface area contributed by atoms with Gasteiger partial charge in [-0.15, -0.1) is 22.6 Å². The number of benzene rings is 3. The van der Waals surface area contributed by atoms with Crippen LogP contribution >= 0.6 is 24.0 Å². The van der Waals surface area contributed by atoms with Crippen LogP contribution in [0.25, 0.3) is 22.2 Å². The fraction of sp³-hybridized carbons (Fsp3) is 0.136. The van der Waals surface area contributed by atoms with Gasteiger partial charge in [0.25, 0.3) is 0 Å². The topological polar surface area (TPSA) is 74.2 Å². The van der Waals surface area contributed by atoms with Crippen molar-refractivity contribution in [1.29, 1.82) is 0 Å². The molecule has 0 aliphatic carbocycles. The molecule has 154 valence electrons. The Hall–Kier alpha value is -3.09. The highest BCUT2D eigenvalue weighted by Crippen LogP contribution is 2.33. The van der Waals surface area contributed by atoms with Crippen molar-refractivity contribution in [2.45, 2.75) is 6.92 Å². The zero-order chi connectivity index (χ0) is 20.5. The molecule has 30 heavy (non-hydrogen) atoms. The number of hydrogen-bond acceptors (Lipinski definition) is 6. The molecule has 2 N–H and O–H groups in total. The van der Waals surface area contributed by atoms with Crippen molar-refractivity contribution in [3.63, 3.8) is 0 Å². The van der Waals surface area contributed by atoms with Crippen LogP contribution in [0.1, 0.15) is 5.56 Å². The van der Waals surface area contributed by atoms with E-state index in [-0.39, 0.29) is 18.2 Å². The number of rotatable bonds is 4. The molecule has 4 rings (SSSR count). The van der Waals surface area contributed by atoms with Gasteiger partial charge >= 0.3 is 0 Å². The van der Waals surface area contributed by atoms with Gasteiger partial charge in [0.2, 0.25) is 5.95 Å². The maximum Gasteiger partial charge on any atom is 0.247 e. The number of aromatic nitrogens is 3. The van der Waals surface area contributed by atoms with Gasteiger partial charge in [-0.3, -0.25) is 0 Å². The van der Waals surface area contributed by atoms with Crippen LogP contribution in [0.3, 0.4) is 0 Å². The van der Waals surface area contributed by atoms with E-state index in [0.717, 1.165) is 33.6 Å². The Labute approximate surface area is 186 Å². The smallest absolute Gasteiger partial charge is 0.247 e. The SMILES string of the molecule is Cc1cc(-c2cc(O)ccc2Cl)cc2nnc(Nc3cccc(N(C)C)c3)nc12.Cl. The van der Waals surface area contributed by atoms with Gasteiger partial charge in [0.05, 0.1) is 5.52 Å². The molecule has 0 unspecified atom stereocenters. The van der Waals surface area contributed by atoms with Crippen LogP contribution in [-0.2, 0) is 0 Å². The number of anilines is 3. The van der Waals surface area contributed by atoms with Crippen molar-refractivity contribution in [1.82, 2.24) is 15.2 Å². The average Bonchev–Trinajstić information content (AvgIpc) is 2.70. The van der Waals surface area contributed by atoms with Crippen LogP contribution in [0.2, 0.25) is 5.02 Å². The highest BCUT2D eigenvalue weighted by molar-refractivity contribution is 6.33. The quantitative estimate of drug-likeness (QED) is 0.429. The molecular formula is C22H21Cl2N5O. The summed E-state index contributed by atoms with van der Waals surface area (Å²) in [7, 11) is 3.99. The monoisotopic (exact) mass is 441 g/mol. The normalized spacial score (nSPS) is 10.5. The third kappa shape index (κ3) is 4.40. The molecule has 6 nitrogen and oxygen atoms in total. The first kappa shape index (κ1) is 21.6. The van der Waals surface area contributed by atoms with E-state index < -0.39 is 0 Å². The molecular weight excluding hydrogens is 421 g/mol. The highest BCUT2D eigenvalue weighted by atomic mass is 35.5. The predicted octanol–water partition coefficient (Wildman–Crippen LogP) is 5.59. The van der Waals surface area contributed by atoms with Crippen LogP contribution in [-0.4, -0.2) is 34.4 Å². The van der Waals surface area contributed by atoms with Gasteiger partial charge < -0.3 is 15.3 Å². The Balaban J connectivity index is 0.00000256. The van der Waals surface area contributed by atoms with Crippen LogP contribution in [0.15, 0.2) is 54.6 Å². The minimum atomic E-state index is 0. The predicted molar refractivity (Wildman–Crippen MR) is 125 cm³/mol. The first-order chi connectivity index (χ1) is 13.9. The molecule has 0 radical (unpaired) electrons. The number of hydrogen-bond donors (Lipinski definition) is 2. The Morgan fingerprint density at radius 3 is 2.57 bits per heavy atom. The molecule has 0 atom stereocenters. The number of fused-ring (bicyclic) bond motifs is 1. The van der Waals surface area contributed by atoms with Crippen LogP contribution < -0.4 is 10.2 Å². The van der Waals surface area contributed by atoms with E-state index in [9.17, 15) is 5.11 Å². The van der Waals surface area contributed by atoms with Gasteiger partial charge in [0, 0.05) is 36.1 Å². The number of nitrogens with one attached hydrogen (secondary N) is 1. The summed E-state index contributed by atoms with van der Waals surface area (Å²) in [4.78, 5) is 6.67. The number of aromatic hydroxyl groups is 1. The number of phenolic OH excluding ortho intramolecular Hbond substituents is 1. The van der Waals surface area contributed by atoms with Crippen LogP contribution in [0, 0.1) is 6.92 Å². The second-order valence-corrected chi connectivity index (χ2v) is 7.44. The summed E-state index contributed by atoms with van der Waals surface area (Å²) < 4.78 is 0. The van der Waals surface area contributed by atoms with Crippen molar-refractivity contribution in [3.05, 3.63) is 65.2 Å². The van der Waals surface area contributed by atoms with Gasteiger partial charge in [0.15, 0.2) is 0 Å². The summed E-state index contributed by atoms with van der Waals surface area (Å²) in [5, 5.41) is 22.1. The zero-order valence-electron chi connectivity index (χ0n) is 16.7. The van der Waals surface area contributed by atoms with Gasteiger partial charge in [0.1, 0.15) is 11.3 Å². The summed E-state index contributed by atoms with van der Waals surface area (Å²) in [5.74, 6) is 0.588. The van der Waals surface area contributed by atoms with Gasteiger partial charge in [-0.05, 0) is 66.6 Å². The maximum absolute atomic E-state index is 9.80. The molecule has 0 spiro atoms. The minimum absolute atomic E-state index is 0. The number of phenols is 1. The number of aryl methyl sites for hydroxylation is 1. The van der Waals surface area contributed by atoms with Crippen molar-refractivity contribution in [2.24, 2.45) is 0 Å². The summed E-state index contributed by atoms with van der Waals surface area (Å²) in [5.41, 5.74) is 5.91. The van der Waals surface area contributed by atoms with Crippen molar-refractivity contribution >= 4 is 52.4 Å². The molecule has 1 aromatic heterocycles. The van der Waals surface area contributed by atoms with E-state index in [2.05, 4.69) is 20.5 Å². The molecule has 0 aliphatic heterocycles. The Morgan fingerprint density at radius 1 is 1.00 bits per heavy atom. The molecule has 0 aliphatic rings. The largest absolute Gasteiger partial charge is 0.508 e. The lowest BCUT2D eigenvalue weighted by atomic mass is 10.0. The lowest BCUT2D eigenvalue weighted by Crippen LogP contribution is -2.08. The third-order valence-corrected chi connectivity index (χ3v) is 4.96. The summed E-state index contributed by atoms with van der Waals surface area (Å²) in [6, 6.07) is 16.7. The molecule has 0 fully saturated rings. The Kier molecular flexibility index (Phi) is 6.29. The summed E-state index contributed by atoms with van der Waals surface area (Å²) in [6.07, 6.45) is 0. The number of nitrogens with zero attached hydrogens (tertiary/aromatic N) is 4. The average molecular weight is 442 g/mol. The first-order valence-electron chi connectivity index (χ1n) is 9.09. The lowest BCUT2D eigenvalue weighted by molar-refractivity contribution is 0.475. The van der Waals surface area contributed by atoms with E-state index in [1.165, 1.54) is 0 Å². The zero-order valence-corrected chi connectivity index (χ0v) is 18.3. The molecule has 0 amide bonds. The second-order valence-electron chi connectivity index (χ2n) is 7.03. The highest BCUT2D eigenvalue weighted by Gasteiger charge is 2.11. The van der Waals surface area contributed by atoms with E-state index in [4.69, 9.17) is 11.6 Å². The summed E-state index contributed by atoms with van der Waals surface area (Å²) in [6.45, 7) is 1.97. The van der Waals surface area contributed by atoms with E-state index in [1.54, 1.807) is 18.2 Å². The van der Waals surface area contributed by atoms with Crippen LogP contribution in [0.4, 0.5) is 17.3 Å². The minimum Gasteiger partial charge on any atom is -0.508 e. The Morgan fingerprint density at radius 2 is 1.80 bits per heavy atom. The fourth-order valence-electron chi connectivity index (χ4n) is 3.15. The van der Waals surface area contributed by atoms with Gasteiger partial charge in [-0.2, -0.15) is 0 Å². The molecule has 0 bridgehead atoms. The van der Waals surface area contributed by atoms with Crippen LogP contribution in [0.5, 0.6) is 5.75 Å². The molecule has 8 heteroatoms. The van der Waals surface area contributed by atoms with Crippen molar-refractivity contribution < 1.29 is 5.11 Å². The summed E-state index contributed by atoms with van der Waals surface area (Å²) >= 11 is 6.31. The Bertz CT molecular complexity index is 1210. The molecule has 1 heterocycles. The number of halogens is 2. The first-order valence-corrected chi connectivity index (χ1v) is 9.47. The molecule has 3 aromatic carbocycles. The van der Waals surface area contributed by atoms with Gasteiger partial charge in [-0.25, -0.2) is 4.98 Å². The van der Waals surface area contributed by atoms with Crippen molar-refractivity contribution in [3.8, 4) is 16.9 Å². The van der Waals surface area contributed by atoms with Gasteiger partial charge in [-0.1, -0.05) is 17.7 Å². The third-order valence-electron chi connectivity index (χ3n) is 4.63. The lowest BCUT2D eigenvalue weighted by Gasteiger charge is -2.14. The second kappa shape index (κ2) is 8.73. The standard InChI is InChI=1S/C22H20ClN5O.ClH/c1-13-9-14(18-12-17(29)7-8-19(18)23)10-20-21(13)25-22(27-26-20)24-15-5-4-6-16(11-15)28(2)3;/h4-12,29H,1-3H3,(H,24,25,27);1H. The maximum atomic E-state index is 9.80.